The lowest BCUT2D eigenvalue weighted by atomic mass is 9.92. The molecule has 0 bridgehead atoms. The van der Waals surface area contributed by atoms with Crippen LogP contribution in [0.1, 0.15) is 33.6 Å². The predicted molar refractivity (Wildman–Crippen MR) is 70.6 cm³/mol. The first-order valence-electron chi connectivity index (χ1n) is 6.01. The summed E-state index contributed by atoms with van der Waals surface area (Å²) in [5.41, 5.74) is -1.66. The first kappa shape index (κ1) is 15.3. The summed E-state index contributed by atoms with van der Waals surface area (Å²) in [7, 11) is 0. The predicted octanol–water partition coefficient (Wildman–Crippen LogP) is 0.956. The molecule has 2 N–H and O–H groups in total. The van der Waals surface area contributed by atoms with Gasteiger partial charge in [-0.05, 0) is 0 Å². The third-order valence-electron chi connectivity index (χ3n) is 2.97. The molecular formula is C12H21NO4S. The number of nitrogens with zero attached hydrogens (tertiary/aromatic N) is 1. The second kappa shape index (κ2) is 5.48. The highest BCUT2D eigenvalue weighted by Crippen LogP contribution is 2.26. The van der Waals surface area contributed by atoms with E-state index in [-0.39, 0.29) is 23.5 Å². The number of likely N-dealkylation sites (tertiary alicyclic amines) is 1. The number of amides is 1. The average molecular weight is 275 g/mol. The summed E-state index contributed by atoms with van der Waals surface area (Å²) in [6.07, 6.45) is 0.211. The van der Waals surface area contributed by atoms with Crippen LogP contribution in [-0.2, 0) is 9.59 Å². The Morgan fingerprint density at radius 2 is 1.78 bits per heavy atom. The monoisotopic (exact) mass is 275 g/mol. The molecule has 6 heteroatoms. The van der Waals surface area contributed by atoms with Crippen molar-refractivity contribution in [2.24, 2.45) is 0 Å². The van der Waals surface area contributed by atoms with E-state index in [9.17, 15) is 14.7 Å². The lowest BCUT2D eigenvalue weighted by molar-refractivity contribution is -0.165. The standard InChI is InChI=1S/C12H21NO4S/c1-11(2,3)18-8-9(14)13-6-4-12(17,5-7-13)10(15)16/h17H,4-8H2,1-3H3,(H,15,16). The summed E-state index contributed by atoms with van der Waals surface area (Å²) in [5.74, 6) is -0.782. The Hall–Kier alpha value is -0.750. The Bertz CT molecular complexity index is 329. The van der Waals surface area contributed by atoms with Crippen LogP contribution >= 0.6 is 11.8 Å². The minimum Gasteiger partial charge on any atom is -0.479 e. The van der Waals surface area contributed by atoms with Crippen LogP contribution in [0.2, 0.25) is 0 Å². The number of rotatable bonds is 3. The number of carbonyl (C=O) groups is 2. The molecule has 0 atom stereocenters. The third kappa shape index (κ3) is 4.17. The van der Waals surface area contributed by atoms with E-state index in [0.29, 0.717) is 18.8 Å². The SMILES string of the molecule is CC(C)(C)SCC(=O)N1CCC(O)(C(=O)O)CC1. The molecule has 0 saturated carbocycles. The van der Waals surface area contributed by atoms with E-state index in [0.717, 1.165) is 0 Å². The summed E-state index contributed by atoms with van der Waals surface area (Å²) >= 11 is 1.57. The van der Waals surface area contributed by atoms with E-state index in [2.05, 4.69) is 0 Å². The fourth-order valence-electron chi connectivity index (χ4n) is 1.71. The molecule has 5 nitrogen and oxygen atoms in total. The third-order valence-corrected chi connectivity index (χ3v) is 4.23. The Balaban J connectivity index is 2.43. The maximum absolute atomic E-state index is 11.9. The number of carbonyl (C=O) groups excluding carboxylic acids is 1. The molecule has 0 aromatic rings. The van der Waals surface area contributed by atoms with Gasteiger partial charge in [0.15, 0.2) is 5.60 Å². The summed E-state index contributed by atoms with van der Waals surface area (Å²) in [4.78, 5) is 24.4. The molecule has 0 unspecified atom stereocenters. The van der Waals surface area contributed by atoms with Crippen molar-refractivity contribution in [1.82, 2.24) is 4.90 Å². The second-order valence-electron chi connectivity index (χ2n) is 5.62. The molecule has 0 spiro atoms. The summed E-state index contributed by atoms with van der Waals surface area (Å²) in [5, 5.41) is 18.6. The number of carboxylic acids is 1. The van der Waals surface area contributed by atoms with Crippen molar-refractivity contribution in [2.45, 2.75) is 44.0 Å². The van der Waals surface area contributed by atoms with Crippen molar-refractivity contribution < 1.29 is 19.8 Å². The normalized spacial score (nSPS) is 19.7. The number of thioether (sulfide) groups is 1. The molecule has 1 saturated heterocycles. The fraction of sp³-hybridized carbons (Fsp3) is 0.833. The van der Waals surface area contributed by atoms with Gasteiger partial charge in [0.25, 0.3) is 0 Å². The van der Waals surface area contributed by atoms with Crippen LogP contribution < -0.4 is 0 Å². The molecule has 0 aliphatic carbocycles. The first-order valence-corrected chi connectivity index (χ1v) is 7.00. The fourth-order valence-corrected chi connectivity index (χ4v) is 2.45. The molecule has 0 aromatic heterocycles. The molecule has 104 valence electrons. The van der Waals surface area contributed by atoms with Gasteiger partial charge in [0, 0.05) is 30.7 Å². The van der Waals surface area contributed by atoms with Crippen LogP contribution in [0.15, 0.2) is 0 Å². The van der Waals surface area contributed by atoms with Crippen LogP contribution in [0.3, 0.4) is 0 Å². The number of aliphatic carboxylic acids is 1. The summed E-state index contributed by atoms with van der Waals surface area (Å²) in [6.45, 7) is 6.76. The quantitative estimate of drug-likeness (QED) is 0.802. The van der Waals surface area contributed by atoms with Crippen LogP contribution in [0.25, 0.3) is 0 Å². The molecule has 1 rings (SSSR count). The van der Waals surface area contributed by atoms with Crippen molar-refractivity contribution in [3.05, 3.63) is 0 Å². The second-order valence-corrected chi connectivity index (χ2v) is 7.42. The molecule has 1 aliphatic rings. The van der Waals surface area contributed by atoms with Gasteiger partial charge in [0.2, 0.25) is 5.91 Å². The highest BCUT2D eigenvalue weighted by atomic mass is 32.2. The van der Waals surface area contributed by atoms with Gasteiger partial charge in [-0.25, -0.2) is 4.79 Å². The van der Waals surface area contributed by atoms with Crippen molar-refractivity contribution in [1.29, 1.82) is 0 Å². The topological polar surface area (TPSA) is 77.8 Å². The number of piperidine rings is 1. The van der Waals surface area contributed by atoms with Gasteiger partial charge >= 0.3 is 5.97 Å². The smallest absolute Gasteiger partial charge is 0.335 e. The van der Waals surface area contributed by atoms with Crippen molar-refractivity contribution in [3.63, 3.8) is 0 Å². The zero-order chi connectivity index (χ0) is 14.0. The van der Waals surface area contributed by atoms with Gasteiger partial charge < -0.3 is 15.1 Å². The summed E-state index contributed by atoms with van der Waals surface area (Å²) in [6, 6.07) is 0. The molecule has 1 heterocycles. The largest absolute Gasteiger partial charge is 0.479 e. The zero-order valence-electron chi connectivity index (χ0n) is 11.1. The minimum atomic E-state index is -1.66. The van der Waals surface area contributed by atoms with Crippen LogP contribution in [0, 0.1) is 0 Å². The number of aliphatic hydroxyl groups is 1. The van der Waals surface area contributed by atoms with E-state index in [1.54, 1.807) is 16.7 Å². The average Bonchev–Trinajstić information content (AvgIpc) is 2.26. The Morgan fingerprint density at radius 3 is 2.17 bits per heavy atom. The zero-order valence-corrected chi connectivity index (χ0v) is 11.9. The number of hydrogen-bond acceptors (Lipinski definition) is 4. The molecule has 1 amide bonds. The number of carboxylic acid groups (broad SMARTS) is 1. The summed E-state index contributed by atoms with van der Waals surface area (Å²) < 4.78 is 0.0350. The van der Waals surface area contributed by atoms with Gasteiger partial charge in [-0.2, -0.15) is 0 Å². The first-order chi connectivity index (χ1) is 8.14. The van der Waals surface area contributed by atoms with E-state index in [4.69, 9.17) is 5.11 Å². The molecule has 1 fully saturated rings. The molecular weight excluding hydrogens is 254 g/mol. The highest BCUT2D eigenvalue weighted by molar-refractivity contribution is 8.01. The Labute approximate surface area is 112 Å². The molecule has 0 radical (unpaired) electrons. The van der Waals surface area contributed by atoms with E-state index in [1.807, 2.05) is 20.8 Å². The lowest BCUT2D eigenvalue weighted by Crippen LogP contribution is -2.51. The van der Waals surface area contributed by atoms with E-state index < -0.39 is 11.6 Å². The maximum Gasteiger partial charge on any atom is 0.335 e. The Morgan fingerprint density at radius 1 is 1.28 bits per heavy atom. The minimum absolute atomic E-state index is 0.0161. The Kier molecular flexibility index (Phi) is 4.66. The van der Waals surface area contributed by atoms with Crippen LogP contribution in [0.5, 0.6) is 0 Å². The van der Waals surface area contributed by atoms with E-state index in [1.165, 1.54) is 0 Å². The van der Waals surface area contributed by atoms with E-state index >= 15 is 0 Å². The molecule has 18 heavy (non-hydrogen) atoms. The van der Waals surface area contributed by atoms with Gasteiger partial charge in [-0.1, -0.05) is 20.8 Å². The van der Waals surface area contributed by atoms with Crippen molar-refractivity contribution in [3.8, 4) is 0 Å². The van der Waals surface area contributed by atoms with Gasteiger partial charge in [-0.15, -0.1) is 11.8 Å². The molecule has 1 aliphatic heterocycles. The maximum atomic E-state index is 11.9. The molecule has 0 aromatic carbocycles. The van der Waals surface area contributed by atoms with Gasteiger partial charge in [0.05, 0.1) is 5.75 Å². The lowest BCUT2D eigenvalue weighted by Gasteiger charge is -2.35. The van der Waals surface area contributed by atoms with Crippen LogP contribution in [0.4, 0.5) is 0 Å². The highest BCUT2D eigenvalue weighted by Gasteiger charge is 2.40. The van der Waals surface area contributed by atoms with Crippen LogP contribution in [-0.4, -0.2) is 56.2 Å². The van der Waals surface area contributed by atoms with Gasteiger partial charge in [-0.3, -0.25) is 4.79 Å². The van der Waals surface area contributed by atoms with Gasteiger partial charge in [0.1, 0.15) is 0 Å². The van der Waals surface area contributed by atoms with Crippen molar-refractivity contribution in [2.75, 3.05) is 18.8 Å². The van der Waals surface area contributed by atoms with Crippen molar-refractivity contribution >= 4 is 23.6 Å². The number of hydrogen-bond donors (Lipinski definition) is 2.